The molecule has 2 aromatic rings. The van der Waals surface area contributed by atoms with Crippen LogP contribution >= 0.6 is 0 Å². The number of rotatable bonds is 6. The van der Waals surface area contributed by atoms with Crippen molar-refractivity contribution in [2.75, 3.05) is 43.6 Å². The number of hydrogen-bond donors (Lipinski definition) is 1. The molecule has 26 heavy (non-hydrogen) atoms. The van der Waals surface area contributed by atoms with Gasteiger partial charge in [-0.1, -0.05) is 6.07 Å². The van der Waals surface area contributed by atoms with Gasteiger partial charge in [-0.05, 0) is 6.07 Å². The normalized spacial score (nSPS) is 14.2. The molecule has 0 spiro atoms. The number of nitro benzene ring substituents is 1. The number of aromatic nitrogens is 1. The first-order valence-electron chi connectivity index (χ1n) is 8.12. The Balaban J connectivity index is 1.80. The molecular weight excluding hydrogens is 343 g/mol. The first kappa shape index (κ1) is 17.9. The minimum absolute atomic E-state index is 0.00140. The highest BCUT2D eigenvalue weighted by molar-refractivity contribution is 5.60. The second kappa shape index (κ2) is 7.96. The highest BCUT2D eigenvalue weighted by atomic mass is 19.1. The van der Waals surface area contributed by atoms with E-state index in [1.165, 1.54) is 13.2 Å². The lowest BCUT2D eigenvalue weighted by molar-refractivity contribution is -0.385. The zero-order chi connectivity index (χ0) is 18.5. The molecule has 138 valence electrons. The van der Waals surface area contributed by atoms with E-state index in [1.54, 1.807) is 6.20 Å². The summed E-state index contributed by atoms with van der Waals surface area (Å²) in [5, 5.41) is 13.9. The second-order valence-corrected chi connectivity index (χ2v) is 5.70. The molecule has 1 aromatic carbocycles. The summed E-state index contributed by atoms with van der Waals surface area (Å²) in [5.74, 6) is 0.102. The van der Waals surface area contributed by atoms with Gasteiger partial charge in [0.1, 0.15) is 5.82 Å². The Morgan fingerprint density at radius 3 is 2.88 bits per heavy atom. The van der Waals surface area contributed by atoms with Gasteiger partial charge in [0.15, 0.2) is 11.6 Å². The number of nitro groups is 1. The van der Waals surface area contributed by atoms with Crippen LogP contribution in [0.15, 0.2) is 30.5 Å². The molecule has 1 saturated heterocycles. The van der Waals surface area contributed by atoms with Crippen LogP contribution in [0.2, 0.25) is 0 Å². The maximum atomic E-state index is 14.2. The third kappa shape index (κ3) is 3.83. The molecule has 2 heterocycles. The first-order chi connectivity index (χ1) is 12.6. The lowest BCUT2D eigenvalue weighted by atomic mass is 10.2. The molecule has 3 rings (SSSR count). The van der Waals surface area contributed by atoms with Crippen molar-refractivity contribution in [2.24, 2.45) is 0 Å². The second-order valence-electron chi connectivity index (χ2n) is 5.70. The number of ether oxygens (including phenoxy) is 2. The number of morpholine rings is 1. The Labute approximate surface area is 149 Å². The lowest BCUT2D eigenvalue weighted by Crippen LogP contribution is -2.37. The van der Waals surface area contributed by atoms with Crippen molar-refractivity contribution in [3.05, 3.63) is 52.0 Å². The average molecular weight is 362 g/mol. The fourth-order valence-corrected chi connectivity index (χ4v) is 2.80. The molecule has 8 nitrogen and oxygen atoms in total. The van der Waals surface area contributed by atoms with E-state index in [0.717, 1.165) is 30.5 Å². The molecule has 0 radical (unpaired) electrons. The van der Waals surface area contributed by atoms with Crippen LogP contribution in [0.1, 0.15) is 5.56 Å². The predicted octanol–water partition coefficient (Wildman–Crippen LogP) is 2.59. The number of nitrogens with one attached hydrogen (secondary N) is 1. The number of benzene rings is 1. The van der Waals surface area contributed by atoms with Crippen molar-refractivity contribution in [1.29, 1.82) is 0 Å². The molecule has 1 N–H and O–H groups in total. The van der Waals surface area contributed by atoms with Crippen molar-refractivity contribution in [3.63, 3.8) is 0 Å². The van der Waals surface area contributed by atoms with Crippen molar-refractivity contribution in [2.45, 2.75) is 6.54 Å². The first-order valence-corrected chi connectivity index (χ1v) is 8.12. The van der Waals surface area contributed by atoms with Gasteiger partial charge in [0.25, 0.3) is 0 Å². The third-order valence-electron chi connectivity index (χ3n) is 4.11. The van der Waals surface area contributed by atoms with Crippen LogP contribution in [-0.2, 0) is 11.3 Å². The number of methoxy groups -OCH3 is 1. The van der Waals surface area contributed by atoms with E-state index < -0.39 is 16.4 Å². The summed E-state index contributed by atoms with van der Waals surface area (Å²) in [6.07, 6.45) is 1.71. The van der Waals surface area contributed by atoms with Gasteiger partial charge in [0.05, 0.1) is 37.0 Å². The van der Waals surface area contributed by atoms with E-state index >= 15 is 0 Å². The van der Waals surface area contributed by atoms with Crippen molar-refractivity contribution >= 4 is 17.2 Å². The zero-order valence-corrected chi connectivity index (χ0v) is 14.3. The number of anilines is 2. The molecule has 0 bridgehead atoms. The summed E-state index contributed by atoms with van der Waals surface area (Å²) in [6, 6.07) is 5.87. The monoisotopic (exact) mass is 362 g/mol. The van der Waals surface area contributed by atoms with Crippen molar-refractivity contribution in [3.8, 4) is 5.75 Å². The quantitative estimate of drug-likeness (QED) is 0.624. The van der Waals surface area contributed by atoms with Crippen LogP contribution < -0.4 is 15.0 Å². The minimum Gasteiger partial charge on any atom is -0.490 e. The molecule has 0 unspecified atom stereocenters. The van der Waals surface area contributed by atoms with Gasteiger partial charge in [-0.15, -0.1) is 0 Å². The molecule has 1 aliphatic heterocycles. The summed E-state index contributed by atoms with van der Waals surface area (Å²) in [5.41, 5.74) is 0.612. The highest BCUT2D eigenvalue weighted by Crippen LogP contribution is 2.32. The van der Waals surface area contributed by atoms with Crippen LogP contribution in [0.3, 0.4) is 0 Å². The largest absolute Gasteiger partial charge is 0.490 e. The molecule has 9 heteroatoms. The summed E-state index contributed by atoms with van der Waals surface area (Å²) >= 11 is 0. The van der Waals surface area contributed by atoms with Gasteiger partial charge in [-0.3, -0.25) is 10.1 Å². The number of halogens is 1. The highest BCUT2D eigenvalue weighted by Gasteiger charge is 2.20. The van der Waals surface area contributed by atoms with Crippen LogP contribution in [-0.4, -0.2) is 43.3 Å². The smallest absolute Gasteiger partial charge is 0.313 e. The number of hydrogen-bond acceptors (Lipinski definition) is 7. The molecule has 1 aromatic heterocycles. The maximum absolute atomic E-state index is 14.2. The fourth-order valence-electron chi connectivity index (χ4n) is 2.80. The van der Waals surface area contributed by atoms with E-state index in [0.29, 0.717) is 19.8 Å². The summed E-state index contributed by atoms with van der Waals surface area (Å²) in [7, 11) is 1.31. The van der Waals surface area contributed by atoms with Crippen LogP contribution in [0, 0.1) is 15.9 Å². The topological polar surface area (TPSA) is 89.8 Å². The zero-order valence-electron chi connectivity index (χ0n) is 14.3. The Morgan fingerprint density at radius 1 is 1.42 bits per heavy atom. The van der Waals surface area contributed by atoms with Gasteiger partial charge in [0, 0.05) is 37.5 Å². The Morgan fingerprint density at radius 2 is 2.19 bits per heavy atom. The van der Waals surface area contributed by atoms with E-state index in [1.807, 2.05) is 12.1 Å². The van der Waals surface area contributed by atoms with Gasteiger partial charge in [-0.2, -0.15) is 0 Å². The fraction of sp³-hybridized carbons (Fsp3) is 0.353. The predicted molar refractivity (Wildman–Crippen MR) is 94.2 cm³/mol. The third-order valence-corrected chi connectivity index (χ3v) is 4.11. The molecule has 1 aliphatic rings. The maximum Gasteiger partial charge on any atom is 0.313 e. The van der Waals surface area contributed by atoms with Crippen LogP contribution in [0.25, 0.3) is 0 Å². The SMILES string of the molecule is COc1cc(NCc2cccnc2N2CCOCC2)c(F)cc1[N+](=O)[O-]. The van der Waals surface area contributed by atoms with Crippen LogP contribution in [0.5, 0.6) is 5.75 Å². The van der Waals surface area contributed by atoms with E-state index in [4.69, 9.17) is 9.47 Å². The Hall–Kier alpha value is -2.94. The van der Waals surface area contributed by atoms with E-state index in [9.17, 15) is 14.5 Å². The van der Waals surface area contributed by atoms with Gasteiger partial charge < -0.3 is 19.7 Å². The summed E-state index contributed by atoms with van der Waals surface area (Å²) in [6.45, 7) is 3.07. The molecule has 1 fully saturated rings. The molecule has 0 amide bonds. The molecule has 0 atom stereocenters. The molecule has 0 aliphatic carbocycles. The lowest BCUT2D eigenvalue weighted by Gasteiger charge is -2.29. The molecule has 0 saturated carbocycles. The number of pyridine rings is 1. The van der Waals surface area contributed by atoms with E-state index in [2.05, 4.69) is 15.2 Å². The summed E-state index contributed by atoms with van der Waals surface area (Å²) < 4.78 is 24.6. The standard InChI is InChI=1S/C17H19FN4O4/c1-25-16-10-14(13(18)9-15(16)22(23)24)20-11-12-3-2-4-19-17(12)21-5-7-26-8-6-21/h2-4,9-10,20H,5-8,11H2,1H3. The van der Waals surface area contributed by atoms with Gasteiger partial charge >= 0.3 is 5.69 Å². The minimum atomic E-state index is -0.714. The van der Waals surface area contributed by atoms with Crippen LogP contribution in [0.4, 0.5) is 21.6 Å². The average Bonchev–Trinajstić information content (AvgIpc) is 2.67. The van der Waals surface area contributed by atoms with E-state index in [-0.39, 0.29) is 11.4 Å². The van der Waals surface area contributed by atoms with Crippen molar-refractivity contribution < 1.29 is 18.8 Å². The summed E-state index contributed by atoms with van der Waals surface area (Å²) in [4.78, 5) is 16.8. The van der Waals surface area contributed by atoms with Gasteiger partial charge in [0.2, 0.25) is 0 Å². The van der Waals surface area contributed by atoms with Gasteiger partial charge in [-0.25, -0.2) is 9.37 Å². The Bertz CT molecular complexity index is 796. The molecular formula is C17H19FN4O4. The number of nitrogens with zero attached hydrogens (tertiary/aromatic N) is 3. The Kier molecular flexibility index (Phi) is 5.47. The van der Waals surface area contributed by atoms with Crippen molar-refractivity contribution in [1.82, 2.24) is 4.98 Å².